The molecular weight excluding hydrogens is 310 g/mol. The Morgan fingerprint density at radius 1 is 1.33 bits per heavy atom. The minimum absolute atomic E-state index is 0.00000772. The van der Waals surface area contributed by atoms with Crippen molar-refractivity contribution in [1.82, 2.24) is 4.31 Å². The Hall–Kier alpha value is -1.70. The highest BCUT2D eigenvalue weighted by Crippen LogP contribution is 2.23. The van der Waals surface area contributed by atoms with E-state index in [4.69, 9.17) is 5.11 Å². The third kappa shape index (κ3) is 3.15. The number of carboxylic acid groups (broad SMARTS) is 1. The van der Waals surface area contributed by atoms with E-state index in [-0.39, 0.29) is 22.6 Å². The molecule has 0 bridgehead atoms. The molecule has 0 amide bonds. The maximum Gasteiger partial charge on any atom is 0.335 e. The molecule has 0 aliphatic rings. The van der Waals surface area contributed by atoms with E-state index >= 15 is 0 Å². The molecule has 7 heteroatoms. The largest absolute Gasteiger partial charge is 0.478 e. The number of sulfonamides is 1. The first-order valence-corrected chi connectivity index (χ1v) is 8.52. The molecule has 0 atom stereocenters. The molecule has 0 saturated carbocycles. The molecule has 1 N–H and O–H groups in total. The van der Waals surface area contributed by atoms with Crippen LogP contribution in [-0.4, -0.2) is 30.8 Å². The summed E-state index contributed by atoms with van der Waals surface area (Å²) >= 11 is 1.50. The highest BCUT2D eigenvalue weighted by molar-refractivity contribution is 7.89. The summed E-state index contributed by atoms with van der Waals surface area (Å²) in [5, 5.41) is 12.9. The van der Waals surface area contributed by atoms with Crippen molar-refractivity contribution in [1.29, 1.82) is 0 Å². The second kappa shape index (κ2) is 5.97. The number of hydrogen-bond donors (Lipinski definition) is 1. The highest BCUT2D eigenvalue weighted by atomic mass is 32.2. The standard InChI is InChI=1S/C14H15NO4S2/c1-10-12(14(16)17)4-3-5-13(10)21(18,19)15(2)8-11-6-7-20-9-11/h3-7,9H,8H2,1-2H3,(H,16,17). The summed E-state index contributed by atoms with van der Waals surface area (Å²) in [6.07, 6.45) is 0. The Morgan fingerprint density at radius 2 is 2.05 bits per heavy atom. The van der Waals surface area contributed by atoms with Crippen LogP contribution in [0.4, 0.5) is 0 Å². The fourth-order valence-electron chi connectivity index (χ4n) is 2.02. The summed E-state index contributed by atoms with van der Waals surface area (Å²) in [4.78, 5) is 11.1. The van der Waals surface area contributed by atoms with Gasteiger partial charge in [0.25, 0.3) is 0 Å². The average molecular weight is 325 g/mol. The lowest BCUT2D eigenvalue weighted by Crippen LogP contribution is -2.27. The van der Waals surface area contributed by atoms with Crippen molar-refractivity contribution >= 4 is 27.3 Å². The molecule has 2 aromatic rings. The van der Waals surface area contributed by atoms with Crippen molar-refractivity contribution in [2.75, 3.05) is 7.05 Å². The van der Waals surface area contributed by atoms with Gasteiger partial charge in [-0.15, -0.1) is 0 Å². The number of carbonyl (C=O) groups is 1. The van der Waals surface area contributed by atoms with E-state index in [2.05, 4.69) is 0 Å². The highest BCUT2D eigenvalue weighted by Gasteiger charge is 2.25. The number of thiophene rings is 1. The van der Waals surface area contributed by atoms with Crippen molar-refractivity contribution in [3.05, 3.63) is 51.7 Å². The lowest BCUT2D eigenvalue weighted by Gasteiger charge is -2.18. The number of hydrogen-bond acceptors (Lipinski definition) is 4. The number of carboxylic acids is 1. The Balaban J connectivity index is 2.40. The van der Waals surface area contributed by atoms with Gasteiger partial charge in [-0.2, -0.15) is 15.6 Å². The minimum Gasteiger partial charge on any atom is -0.478 e. The van der Waals surface area contributed by atoms with E-state index in [0.29, 0.717) is 0 Å². The summed E-state index contributed by atoms with van der Waals surface area (Å²) in [6, 6.07) is 6.13. The lowest BCUT2D eigenvalue weighted by molar-refractivity contribution is 0.0696. The third-order valence-corrected chi connectivity index (χ3v) is 5.87. The van der Waals surface area contributed by atoms with Gasteiger partial charge in [0, 0.05) is 13.6 Å². The molecule has 2 rings (SSSR count). The molecule has 0 spiro atoms. The van der Waals surface area contributed by atoms with Crippen LogP contribution in [0.1, 0.15) is 21.5 Å². The van der Waals surface area contributed by atoms with Crippen LogP contribution in [0.25, 0.3) is 0 Å². The molecule has 5 nitrogen and oxygen atoms in total. The van der Waals surface area contributed by atoms with Crippen molar-refractivity contribution in [2.45, 2.75) is 18.4 Å². The Bertz CT molecular complexity index is 751. The first-order chi connectivity index (χ1) is 9.84. The normalized spacial score (nSPS) is 11.8. The van der Waals surface area contributed by atoms with Crippen LogP contribution in [0.15, 0.2) is 39.9 Å². The molecule has 0 radical (unpaired) electrons. The maximum atomic E-state index is 12.6. The van der Waals surface area contributed by atoms with Gasteiger partial charge in [-0.3, -0.25) is 0 Å². The SMILES string of the molecule is Cc1c(C(=O)O)cccc1S(=O)(=O)N(C)Cc1ccsc1. The van der Waals surface area contributed by atoms with E-state index < -0.39 is 16.0 Å². The number of benzene rings is 1. The van der Waals surface area contributed by atoms with E-state index in [0.717, 1.165) is 5.56 Å². The van der Waals surface area contributed by atoms with Gasteiger partial charge in [-0.05, 0) is 47.0 Å². The molecular formula is C14H15NO4S2. The van der Waals surface area contributed by atoms with Gasteiger partial charge in [0.15, 0.2) is 0 Å². The van der Waals surface area contributed by atoms with Gasteiger partial charge in [0.05, 0.1) is 10.5 Å². The average Bonchev–Trinajstić information content (AvgIpc) is 2.91. The summed E-state index contributed by atoms with van der Waals surface area (Å²) in [7, 11) is -2.24. The van der Waals surface area contributed by atoms with Gasteiger partial charge in [-0.1, -0.05) is 6.07 Å². The van der Waals surface area contributed by atoms with Crippen LogP contribution in [0, 0.1) is 6.92 Å². The molecule has 1 aromatic carbocycles. The molecule has 0 aliphatic heterocycles. The smallest absolute Gasteiger partial charge is 0.335 e. The molecule has 0 fully saturated rings. The molecule has 1 heterocycles. The Morgan fingerprint density at radius 3 is 2.62 bits per heavy atom. The van der Waals surface area contributed by atoms with Crippen LogP contribution >= 0.6 is 11.3 Å². The van der Waals surface area contributed by atoms with Gasteiger partial charge in [0.1, 0.15) is 0 Å². The van der Waals surface area contributed by atoms with Gasteiger partial charge in [-0.25, -0.2) is 13.2 Å². The first-order valence-electron chi connectivity index (χ1n) is 6.14. The first kappa shape index (κ1) is 15.7. The van der Waals surface area contributed by atoms with Crippen LogP contribution < -0.4 is 0 Å². The predicted molar refractivity (Wildman–Crippen MR) is 81.1 cm³/mol. The molecule has 21 heavy (non-hydrogen) atoms. The van der Waals surface area contributed by atoms with Crippen LogP contribution in [0.2, 0.25) is 0 Å². The fourth-order valence-corrected chi connectivity index (χ4v) is 4.08. The van der Waals surface area contributed by atoms with E-state index in [1.54, 1.807) is 0 Å². The van der Waals surface area contributed by atoms with Gasteiger partial charge < -0.3 is 5.11 Å². The van der Waals surface area contributed by atoms with E-state index in [1.165, 1.54) is 47.8 Å². The molecule has 1 aromatic heterocycles. The fraction of sp³-hybridized carbons (Fsp3) is 0.214. The number of nitrogens with zero attached hydrogens (tertiary/aromatic N) is 1. The lowest BCUT2D eigenvalue weighted by atomic mass is 10.1. The zero-order valence-electron chi connectivity index (χ0n) is 11.6. The minimum atomic E-state index is -3.73. The van der Waals surface area contributed by atoms with Crippen molar-refractivity contribution in [2.24, 2.45) is 0 Å². The summed E-state index contributed by atoms with van der Waals surface area (Å²) in [5.41, 5.74) is 1.15. The third-order valence-electron chi connectivity index (χ3n) is 3.19. The van der Waals surface area contributed by atoms with Crippen LogP contribution in [0.5, 0.6) is 0 Å². The van der Waals surface area contributed by atoms with E-state index in [9.17, 15) is 13.2 Å². The van der Waals surface area contributed by atoms with Gasteiger partial charge in [0.2, 0.25) is 10.0 Å². The van der Waals surface area contributed by atoms with Crippen LogP contribution in [-0.2, 0) is 16.6 Å². The van der Waals surface area contributed by atoms with Crippen LogP contribution in [0.3, 0.4) is 0 Å². The Kier molecular flexibility index (Phi) is 4.46. The van der Waals surface area contributed by atoms with E-state index in [1.807, 2.05) is 16.8 Å². The number of rotatable bonds is 5. The molecule has 0 saturated heterocycles. The summed E-state index contributed by atoms with van der Waals surface area (Å²) in [6.45, 7) is 1.76. The predicted octanol–water partition coefficient (Wildman–Crippen LogP) is 2.58. The zero-order chi connectivity index (χ0) is 15.6. The molecule has 112 valence electrons. The molecule has 0 aliphatic carbocycles. The topological polar surface area (TPSA) is 74.7 Å². The van der Waals surface area contributed by atoms with Crippen molar-refractivity contribution in [3.8, 4) is 0 Å². The summed E-state index contributed by atoms with van der Waals surface area (Å²) in [5.74, 6) is -1.13. The maximum absolute atomic E-state index is 12.6. The number of aromatic carboxylic acids is 1. The quantitative estimate of drug-likeness (QED) is 0.917. The van der Waals surface area contributed by atoms with Gasteiger partial charge >= 0.3 is 5.97 Å². The van der Waals surface area contributed by atoms with Crippen molar-refractivity contribution < 1.29 is 18.3 Å². The monoisotopic (exact) mass is 325 g/mol. The zero-order valence-corrected chi connectivity index (χ0v) is 13.2. The second-order valence-corrected chi connectivity index (χ2v) is 7.42. The Labute approximate surface area is 127 Å². The molecule has 0 unspecified atom stereocenters. The summed E-state index contributed by atoms with van der Waals surface area (Å²) < 4.78 is 26.4. The van der Waals surface area contributed by atoms with Crippen molar-refractivity contribution in [3.63, 3.8) is 0 Å². The second-order valence-electron chi connectivity index (χ2n) is 4.63.